The van der Waals surface area contributed by atoms with Crippen molar-refractivity contribution in [3.8, 4) is 0 Å². The molecule has 4 N–H and O–H groups in total. The van der Waals surface area contributed by atoms with Gasteiger partial charge in [0.2, 0.25) is 17.2 Å². The van der Waals surface area contributed by atoms with Crippen LogP contribution in [0.25, 0.3) is 0 Å². The Labute approximate surface area is 182 Å². The number of nitrogens with one attached hydrogen (secondary N) is 2. The van der Waals surface area contributed by atoms with Gasteiger partial charge in [0.1, 0.15) is 12.9 Å². The molecule has 0 saturated carbocycles. The fraction of sp³-hybridized carbons (Fsp3) is 0.500. The number of ether oxygens (including phenoxy) is 2. The number of anilines is 2. The molecule has 31 heavy (non-hydrogen) atoms. The lowest BCUT2D eigenvalue weighted by Gasteiger charge is -2.33. The Morgan fingerprint density at radius 2 is 1.90 bits per heavy atom. The van der Waals surface area contributed by atoms with Crippen molar-refractivity contribution in [2.45, 2.75) is 31.0 Å². The Kier molecular flexibility index (Phi) is 7.51. The Hall–Kier alpha value is -2.64. The van der Waals surface area contributed by atoms with Gasteiger partial charge < -0.3 is 30.3 Å². The van der Waals surface area contributed by atoms with E-state index in [0.717, 1.165) is 5.56 Å². The summed E-state index contributed by atoms with van der Waals surface area (Å²) in [5.74, 6) is 0.214. The van der Waals surface area contributed by atoms with E-state index in [9.17, 15) is 20.3 Å². The zero-order chi connectivity index (χ0) is 22.4. The van der Waals surface area contributed by atoms with Crippen molar-refractivity contribution < 1.29 is 24.6 Å². The number of nitro benzene ring substituents is 1. The molecule has 3 rings (SSSR count). The van der Waals surface area contributed by atoms with E-state index in [0.29, 0.717) is 6.42 Å². The molecule has 1 aliphatic heterocycles. The van der Waals surface area contributed by atoms with Gasteiger partial charge in [0.25, 0.3) is 5.69 Å². The largest absolute Gasteiger partial charge is 0.394 e. The van der Waals surface area contributed by atoms with Gasteiger partial charge in [-0.15, -0.1) is 0 Å². The molecule has 0 aliphatic carbocycles. The minimum Gasteiger partial charge on any atom is -0.394 e. The molecule has 1 fully saturated rings. The number of aromatic nitrogens is 3. The maximum absolute atomic E-state index is 10.9. The van der Waals surface area contributed by atoms with E-state index in [1.807, 2.05) is 0 Å². The van der Waals surface area contributed by atoms with Crippen molar-refractivity contribution >= 4 is 29.2 Å². The Morgan fingerprint density at radius 3 is 2.52 bits per heavy atom. The number of nitro groups is 1. The van der Waals surface area contributed by atoms with E-state index in [1.165, 1.54) is 12.1 Å². The highest BCUT2D eigenvalue weighted by Crippen LogP contribution is 2.29. The lowest BCUT2D eigenvalue weighted by Crippen LogP contribution is -2.45. The van der Waals surface area contributed by atoms with E-state index in [1.54, 1.807) is 19.1 Å². The number of aliphatic hydroxyl groups excluding tert-OH is 2. The van der Waals surface area contributed by atoms with E-state index in [-0.39, 0.29) is 49.5 Å². The predicted molar refractivity (Wildman–Crippen MR) is 111 cm³/mol. The smallest absolute Gasteiger partial charge is 0.269 e. The van der Waals surface area contributed by atoms with Crippen molar-refractivity contribution in [3.63, 3.8) is 0 Å². The summed E-state index contributed by atoms with van der Waals surface area (Å²) in [5.41, 5.74) is -0.316. The molecule has 0 bridgehead atoms. The van der Waals surface area contributed by atoms with E-state index in [4.69, 9.17) is 21.1 Å². The first-order chi connectivity index (χ1) is 14.9. The van der Waals surface area contributed by atoms with Crippen LogP contribution in [0.5, 0.6) is 0 Å². The number of aliphatic hydroxyl groups is 2. The van der Waals surface area contributed by atoms with Crippen LogP contribution < -0.4 is 10.6 Å². The molecular weight excluding hydrogens is 432 g/mol. The molecule has 1 saturated heterocycles. The number of hydrogen-bond acceptors (Lipinski definition) is 11. The van der Waals surface area contributed by atoms with Gasteiger partial charge in [-0.3, -0.25) is 10.1 Å². The number of non-ortho nitro benzene ring substituents is 1. The third-order valence-corrected chi connectivity index (χ3v) is 5.18. The zero-order valence-electron chi connectivity index (χ0n) is 16.7. The van der Waals surface area contributed by atoms with Gasteiger partial charge in [0.15, 0.2) is 0 Å². The van der Waals surface area contributed by atoms with Crippen LogP contribution in [-0.2, 0) is 9.47 Å². The summed E-state index contributed by atoms with van der Waals surface area (Å²) in [6, 6.07) is 5.62. The Balaban J connectivity index is 1.81. The standard InChI is InChI=1S/C18H23ClN6O6/c1-2-18(8-26,9-27)24-17-22-15(19)21-16(23-17)20-13-7-30-10-31-14(13)11-3-5-12(6-4-11)25(28)29/h3-6,13-14,26-27H,2,7-10H2,1H3,(H2,20,21,22,23,24)/t13-,14-/m0/s1. The third-order valence-electron chi connectivity index (χ3n) is 5.01. The molecule has 0 spiro atoms. The van der Waals surface area contributed by atoms with Crippen molar-refractivity contribution in [1.29, 1.82) is 0 Å². The normalized spacial score (nSPS) is 19.1. The quantitative estimate of drug-likeness (QED) is 0.320. The maximum atomic E-state index is 10.9. The first kappa shape index (κ1) is 23.0. The number of halogens is 1. The second kappa shape index (κ2) is 10.1. The molecule has 1 aliphatic rings. The third kappa shape index (κ3) is 5.54. The SMILES string of the molecule is CCC(CO)(CO)Nc1nc(Cl)nc(N[C@H]2COCO[C@H]2c2ccc([N+](=O)[O-])cc2)n1. The lowest BCUT2D eigenvalue weighted by atomic mass is 9.99. The average molecular weight is 455 g/mol. The zero-order valence-corrected chi connectivity index (χ0v) is 17.4. The van der Waals surface area contributed by atoms with Gasteiger partial charge in [-0.05, 0) is 35.7 Å². The van der Waals surface area contributed by atoms with Crippen molar-refractivity contribution in [1.82, 2.24) is 15.0 Å². The minimum atomic E-state index is -1.01. The second-order valence-electron chi connectivity index (χ2n) is 7.00. The highest BCUT2D eigenvalue weighted by atomic mass is 35.5. The topological polar surface area (TPSA) is 165 Å². The van der Waals surface area contributed by atoms with Crippen LogP contribution in [0.15, 0.2) is 24.3 Å². The first-order valence-electron chi connectivity index (χ1n) is 9.51. The van der Waals surface area contributed by atoms with Gasteiger partial charge >= 0.3 is 0 Å². The molecular formula is C18H23ClN6O6. The molecule has 0 amide bonds. The molecule has 0 radical (unpaired) electrons. The molecule has 1 aromatic carbocycles. The van der Waals surface area contributed by atoms with Gasteiger partial charge in [-0.25, -0.2) is 0 Å². The summed E-state index contributed by atoms with van der Waals surface area (Å²) in [5, 5.41) is 36.1. The van der Waals surface area contributed by atoms with E-state index in [2.05, 4.69) is 25.6 Å². The lowest BCUT2D eigenvalue weighted by molar-refractivity contribution is -0.384. The van der Waals surface area contributed by atoms with E-state index < -0.39 is 22.6 Å². The van der Waals surface area contributed by atoms with Crippen molar-refractivity contribution in [2.75, 3.05) is 37.2 Å². The number of benzene rings is 1. The highest BCUT2D eigenvalue weighted by Gasteiger charge is 2.31. The summed E-state index contributed by atoms with van der Waals surface area (Å²) < 4.78 is 11.1. The number of hydrogen-bond donors (Lipinski definition) is 4. The summed E-state index contributed by atoms with van der Waals surface area (Å²) in [7, 11) is 0. The molecule has 13 heteroatoms. The Morgan fingerprint density at radius 1 is 1.23 bits per heavy atom. The molecule has 168 valence electrons. The van der Waals surface area contributed by atoms with Crippen LogP contribution in [-0.4, -0.2) is 68.3 Å². The number of nitrogens with zero attached hydrogens (tertiary/aromatic N) is 4. The van der Waals surface area contributed by atoms with Crippen molar-refractivity contribution in [3.05, 3.63) is 45.2 Å². The van der Waals surface area contributed by atoms with Crippen LogP contribution in [0, 0.1) is 10.1 Å². The minimum absolute atomic E-state index is 0.0209. The summed E-state index contributed by atoms with van der Waals surface area (Å²) in [4.78, 5) is 22.8. The summed E-state index contributed by atoms with van der Waals surface area (Å²) in [6.45, 7) is 1.46. The molecule has 2 heterocycles. The molecule has 12 nitrogen and oxygen atoms in total. The van der Waals surface area contributed by atoms with Gasteiger partial charge in [-0.2, -0.15) is 15.0 Å². The highest BCUT2D eigenvalue weighted by molar-refractivity contribution is 6.28. The monoisotopic (exact) mass is 454 g/mol. The molecule has 2 atom stereocenters. The molecule has 2 aromatic rings. The van der Waals surface area contributed by atoms with Crippen LogP contribution in [0.4, 0.5) is 17.6 Å². The van der Waals surface area contributed by atoms with Crippen LogP contribution >= 0.6 is 11.6 Å². The number of rotatable bonds is 9. The fourth-order valence-electron chi connectivity index (χ4n) is 3.05. The Bertz CT molecular complexity index is 889. The van der Waals surface area contributed by atoms with Crippen molar-refractivity contribution in [2.24, 2.45) is 0 Å². The van der Waals surface area contributed by atoms with Gasteiger partial charge in [0, 0.05) is 12.1 Å². The average Bonchev–Trinajstić information content (AvgIpc) is 2.78. The van der Waals surface area contributed by atoms with E-state index >= 15 is 0 Å². The predicted octanol–water partition coefficient (Wildman–Crippen LogP) is 1.50. The van der Waals surface area contributed by atoms with Gasteiger partial charge in [0.05, 0.1) is 36.3 Å². The molecule has 1 aromatic heterocycles. The molecule has 0 unspecified atom stereocenters. The van der Waals surface area contributed by atoms with Gasteiger partial charge in [-0.1, -0.05) is 6.92 Å². The van der Waals surface area contributed by atoms with Crippen LogP contribution in [0.3, 0.4) is 0 Å². The van der Waals surface area contributed by atoms with Crippen LogP contribution in [0.1, 0.15) is 25.0 Å². The second-order valence-corrected chi connectivity index (χ2v) is 7.34. The maximum Gasteiger partial charge on any atom is 0.269 e. The van der Waals surface area contributed by atoms with Crippen LogP contribution in [0.2, 0.25) is 5.28 Å². The summed E-state index contributed by atoms with van der Waals surface area (Å²) >= 11 is 6.03. The summed E-state index contributed by atoms with van der Waals surface area (Å²) in [6.07, 6.45) is -0.0652. The fourth-order valence-corrected chi connectivity index (χ4v) is 3.21. The first-order valence-corrected chi connectivity index (χ1v) is 9.89.